The van der Waals surface area contributed by atoms with E-state index < -0.39 is 5.97 Å². The zero-order valence-electron chi connectivity index (χ0n) is 12.1. The number of hydrogen-bond acceptors (Lipinski definition) is 3. The van der Waals surface area contributed by atoms with E-state index >= 15 is 0 Å². The van der Waals surface area contributed by atoms with Gasteiger partial charge in [-0.15, -0.1) is 0 Å². The van der Waals surface area contributed by atoms with Crippen LogP contribution in [0, 0.1) is 0 Å². The second-order valence-electron chi connectivity index (χ2n) is 5.92. The summed E-state index contributed by atoms with van der Waals surface area (Å²) >= 11 is 3.66. The molecule has 0 aromatic heterocycles. The highest BCUT2D eigenvalue weighted by atomic mass is 79.9. The predicted octanol–water partition coefficient (Wildman–Crippen LogP) is 2.53. The van der Waals surface area contributed by atoms with Crippen LogP contribution in [0.1, 0.15) is 30.0 Å². The lowest BCUT2D eigenvalue weighted by molar-refractivity contribution is -0.138. The standard InChI is InChI=1S/C16H21BrN2O2/c17-14-4-1-3-13-12(14)5-6-15(13)19-8-2-7-18(9-10-19)11-16(20)21/h1,3-4,15H,2,5-11H2,(H,20,21). The van der Waals surface area contributed by atoms with Gasteiger partial charge in [0.1, 0.15) is 0 Å². The highest BCUT2D eigenvalue weighted by molar-refractivity contribution is 9.10. The van der Waals surface area contributed by atoms with Crippen molar-refractivity contribution in [1.29, 1.82) is 0 Å². The van der Waals surface area contributed by atoms with Gasteiger partial charge in [0, 0.05) is 36.7 Å². The second kappa shape index (κ2) is 6.46. The Balaban J connectivity index is 1.69. The number of rotatable bonds is 3. The molecule has 114 valence electrons. The van der Waals surface area contributed by atoms with Gasteiger partial charge >= 0.3 is 5.97 Å². The minimum Gasteiger partial charge on any atom is -0.480 e. The zero-order chi connectivity index (χ0) is 14.8. The van der Waals surface area contributed by atoms with Crippen molar-refractivity contribution in [3.63, 3.8) is 0 Å². The van der Waals surface area contributed by atoms with Crippen molar-refractivity contribution in [3.05, 3.63) is 33.8 Å². The molecule has 0 amide bonds. The van der Waals surface area contributed by atoms with Crippen LogP contribution in [0.5, 0.6) is 0 Å². The Morgan fingerprint density at radius 2 is 2.14 bits per heavy atom. The van der Waals surface area contributed by atoms with E-state index in [1.54, 1.807) is 0 Å². The van der Waals surface area contributed by atoms with E-state index in [2.05, 4.69) is 43.9 Å². The lowest BCUT2D eigenvalue weighted by atomic mass is 10.1. The maximum atomic E-state index is 10.9. The highest BCUT2D eigenvalue weighted by Gasteiger charge is 2.30. The summed E-state index contributed by atoms with van der Waals surface area (Å²) in [6.45, 7) is 3.93. The minimum atomic E-state index is -0.724. The highest BCUT2D eigenvalue weighted by Crippen LogP contribution is 2.39. The zero-order valence-corrected chi connectivity index (χ0v) is 13.7. The Morgan fingerprint density at radius 1 is 1.29 bits per heavy atom. The summed E-state index contributed by atoms with van der Waals surface area (Å²) in [5, 5.41) is 8.94. The van der Waals surface area contributed by atoms with Gasteiger partial charge in [0.2, 0.25) is 0 Å². The van der Waals surface area contributed by atoms with Crippen molar-refractivity contribution in [1.82, 2.24) is 9.80 Å². The Hall–Kier alpha value is -0.910. The summed E-state index contributed by atoms with van der Waals surface area (Å²) in [5.41, 5.74) is 2.91. The molecule has 21 heavy (non-hydrogen) atoms. The van der Waals surface area contributed by atoms with E-state index in [4.69, 9.17) is 5.11 Å². The predicted molar refractivity (Wildman–Crippen MR) is 85.5 cm³/mol. The van der Waals surface area contributed by atoms with Gasteiger partial charge in [-0.05, 0) is 36.5 Å². The Labute approximate surface area is 133 Å². The molecular formula is C16H21BrN2O2. The van der Waals surface area contributed by atoms with Crippen molar-refractivity contribution in [2.45, 2.75) is 25.3 Å². The molecule has 1 aromatic rings. The van der Waals surface area contributed by atoms with Crippen LogP contribution in [0.4, 0.5) is 0 Å². The molecule has 1 fully saturated rings. The summed E-state index contributed by atoms with van der Waals surface area (Å²) in [6, 6.07) is 6.99. The molecule has 1 aliphatic carbocycles. The van der Waals surface area contributed by atoms with Gasteiger partial charge in [0.15, 0.2) is 0 Å². The minimum absolute atomic E-state index is 0.167. The number of carbonyl (C=O) groups is 1. The summed E-state index contributed by atoms with van der Waals surface area (Å²) in [6.07, 6.45) is 3.36. The van der Waals surface area contributed by atoms with Crippen LogP contribution in [-0.2, 0) is 11.2 Å². The third kappa shape index (κ3) is 3.30. The summed E-state index contributed by atoms with van der Waals surface area (Å²) < 4.78 is 1.23. The number of carboxylic acid groups (broad SMARTS) is 1. The first-order valence-corrected chi connectivity index (χ1v) is 8.40. The van der Waals surface area contributed by atoms with Gasteiger partial charge < -0.3 is 5.11 Å². The van der Waals surface area contributed by atoms with Crippen LogP contribution in [0.15, 0.2) is 22.7 Å². The quantitative estimate of drug-likeness (QED) is 0.907. The Morgan fingerprint density at radius 3 is 2.95 bits per heavy atom. The molecule has 1 aliphatic heterocycles. The Kier molecular flexibility index (Phi) is 4.62. The van der Waals surface area contributed by atoms with E-state index in [1.165, 1.54) is 22.0 Å². The lowest BCUT2D eigenvalue weighted by Gasteiger charge is -2.28. The number of fused-ring (bicyclic) bond motifs is 1. The molecule has 4 nitrogen and oxygen atoms in total. The van der Waals surface area contributed by atoms with Gasteiger partial charge in [0.05, 0.1) is 6.54 Å². The molecule has 1 heterocycles. The molecule has 1 aromatic carbocycles. The van der Waals surface area contributed by atoms with Crippen LogP contribution in [0.2, 0.25) is 0 Å². The SMILES string of the molecule is O=C(O)CN1CCCN(C2CCc3c(Br)cccc32)CC1. The molecule has 0 bridgehead atoms. The molecule has 1 atom stereocenters. The van der Waals surface area contributed by atoms with Crippen molar-refractivity contribution in [2.24, 2.45) is 0 Å². The fourth-order valence-corrected chi connectivity index (χ4v) is 4.20. The van der Waals surface area contributed by atoms with Crippen LogP contribution < -0.4 is 0 Å². The van der Waals surface area contributed by atoms with Gasteiger partial charge in [0.25, 0.3) is 0 Å². The number of hydrogen-bond donors (Lipinski definition) is 1. The first-order valence-electron chi connectivity index (χ1n) is 7.60. The van der Waals surface area contributed by atoms with E-state index in [9.17, 15) is 4.79 Å². The van der Waals surface area contributed by atoms with E-state index in [0.717, 1.165) is 39.0 Å². The van der Waals surface area contributed by atoms with Crippen LogP contribution >= 0.6 is 15.9 Å². The average Bonchev–Trinajstić information content (AvgIpc) is 2.74. The average molecular weight is 353 g/mol. The van der Waals surface area contributed by atoms with Crippen molar-refractivity contribution in [3.8, 4) is 0 Å². The fraction of sp³-hybridized carbons (Fsp3) is 0.562. The third-order valence-corrected chi connectivity index (χ3v) is 5.35. The number of benzene rings is 1. The maximum absolute atomic E-state index is 10.9. The topological polar surface area (TPSA) is 43.8 Å². The molecule has 1 unspecified atom stereocenters. The molecule has 1 saturated heterocycles. The van der Waals surface area contributed by atoms with E-state index in [1.807, 2.05) is 0 Å². The maximum Gasteiger partial charge on any atom is 0.317 e. The third-order valence-electron chi connectivity index (χ3n) is 4.60. The van der Waals surface area contributed by atoms with Crippen molar-refractivity contribution >= 4 is 21.9 Å². The fourth-order valence-electron chi connectivity index (χ4n) is 3.62. The normalized spacial score (nSPS) is 23.8. The molecule has 0 spiro atoms. The smallest absolute Gasteiger partial charge is 0.317 e. The summed E-state index contributed by atoms with van der Waals surface area (Å²) in [4.78, 5) is 15.5. The Bertz CT molecular complexity index is 535. The summed E-state index contributed by atoms with van der Waals surface area (Å²) in [7, 11) is 0. The monoisotopic (exact) mass is 352 g/mol. The lowest BCUT2D eigenvalue weighted by Crippen LogP contribution is -2.35. The van der Waals surface area contributed by atoms with Gasteiger partial charge in [-0.25, -0.2) is 0 Å². The van der Waals surface area contributed by atoms with E-state index in [0.29, 0.717) is 6.04 Å². The molecule has 3 rings (SSSR count). The molecule has 1 N–H and O–H groups in total. The molecule has 2 aliphatic rings. The largest absolute Gasteiger partial charge is 0.480 e. The first-order chi connectivity index (χ1) is 10.1. The van der Waals surface area contributed by atoms with Gasteiger partial charge in [-0.1, -0.05) is 28.1 Å². The molecule has 0 radical (unpaired) electrons. The number of halogens is 1. The number of aliphatic carboxylic acids is 1. The summed E-state index contributed by atoms with van der Waals surface area (Å²) in [5.74, 6) is -0.724. The van der Waals surface area contributed by atoms with Gasteiger partial charge in [-0.2, -0.15) is 0 Å². The van der Waals surface area contributed by atoms with Crippen molar-refractivity contribution < 1.29 is 9.90 Å². The van der Waals surface area contributed by atoms with Crippen molar-refractivity contribution in [2.75, 3.05) is 32.7 Å². The second-order valence-corrected chi connectivity index (χ2v) is 6.78. The van der Waals surface area contributed by atoms with E-state index in [-0.39, 0.29) is 6.54 Å². The number of carboxylic acids is 1. The molecule has 5 heteroatoms. The number of nitrogens with zero attached hydrogens (tertiary/aromatic N) is 2. The van der Waals surface area contributed by atoms with Gasteiger partial charge in [-0.3, -0.25) is 14.6 Å². The molecular weight excluding hydrogens is 332 g/mol. The van der Waals surface area contributed by atoms with Crippen LogP contribution in [0.3, 0.4) is 0 Å². The first kappa shape index (κ1) is 15.0. The van der Waals surface area contributed by atoms with Crippen LogP contribution in [-0.4, -0.2) is 53.6 Å². The molecule has 0 saturated carbocycles. The van der Waals surface area contributed by atoms with Crippen LogP contribution in [0.25, 0.3) is 0 Å².